The first-order valence-corrected chi connectivity index (χ1v) is 8.64. The zero-order chi connectivity index (χ0) is 18.7. The van der Waals surface area contributed by atoms with Crippen LogP contribution in [0.2, 0.25) is 0 Å². The van der Waals surface area contributed by atoms with Gasteiger partial charge in [-0.2, -0.15) is 4.98 Å². The van der Waals surface area contributed by atoms with Gasteiger partial charge in [0.25, 0.3) is 0 Å². The molecule has 0 aliphatic carbocycles. The van der Waals surface area contributed by atoms with Gasteiger partial charge in [-0.1, -0.05) is 5.16 Å². The van der Waals surface area contributed by atoms with Crippen LogP contribution in [0, 0.1) is 0 Å². The molecule has 0 saturated carbocycles. The highest BCUT2D eigenvalue weighted by atomic mass is 35.5. The Kier molecular flexibility index (Phi) is 8.69. The third kappa shape index (κ3) is 5.81. The van der Waals surface area contributed by atoms with E-state index in [1.807, 2.05) is 29.2 Å². The zero-order valence-corrected chi connectivity index (χ0v) is 17.9. The van der Waals surface area contributed by atoms with Crippen LogP contribution in [0.15, 0.2) is 28.8 Å². The van der Waals surface area contributed by atoms with Crippen LogP contribution in [0.5, 0.6) is 5.75 Å². The molecule has 8 nitrogen and oxygen atoms in total. The van der Waals surface area contributed by atoms with Gasteiger partial charge >= 0.3 is 0 Å². The van der Waals surface area contributed by atoms with Gasteiger partial charge in [-0.3, -0.25) is 9.69 Å². The number of methoxy groups -OCH3 is 1. The van der Waals surface area contributed by atoms with Crippen molar-refractivity contribution in [2.24, 2.45) is 5.73 Å². The average Bonchev–Trinajstić information content (AvgIpc) is 3.09. The van der Waals surface area contributed by atoms with Gasteiger partial charge in [0.1, 0.15) is 5.75 Å². The maximum absolute atomic E-state index is 12.2. The summed E-state index contributed by atoms with van der Waals surface area (Å²) in [5, 5.41) is 4.05. The van der Waals surface area contributed by atoms with Gasteiger partial charge in [0.2, 0.25) is 17.6 Å². The quantitative estimate of drug-likeness (QED) is 0.772. The standard InChI is InChI=1S/C18H25N5O3.2ClH/c1-18(2,19)17(24)23-10-8-22(9-11-23)12-15-20-16(21-26-15)13-4-6-14(25-3)7-5-13;;/h4-7H,8-12,19H2,1-3H3;2*1H. The molecule has 0 bridgehead atoms. The normalized spacial score (nSPS) is 14.8. The van der Waals surface area contributed by atoms with Crippen molar-refractivity contribution in [2.45, 2.75) is 25.9 Å². The molecule has 1 saturated heterocycles. The van der Waals surface area contributed by atoms with E-state index in [9.17, 15) is 4.79 Å². The van der Waals surface area contributed by atoms with E-state index in [-0.39, 0.29) is 30.7 Å². The number of nitrogens with zero attached hydrogens (tertiary/aromatic N) is 4. The highest BCUT2D eigenvalue weighted by Crippen LogP contribution is 2.20. The minimum Gasteiger partial charge on any atom is -0.497 e. The third-order valence-electron chi connectivity index (χ3n) is 4.39. The van der Waals surface area contributed by atoms with Gasteiger partial charge in [-0.25, -0.2) is 0 Å². The predicted octanol–water partition coefficient (Wildman–Crippen LogP) is 1.97. The second kappa shape index (κ2) is 10.1. The van der Waals surface area contributed by atoms with E-state index in [0.717, 1.165) is 24.4 Å². The maximum Gasteiger partial charge on any atom is 0.242 e. The SMILES string of the molecule is COc1ccc(-c2noc(CN3CCN(C(=O)C(C)(C)N)CC3)n2)cc1.Cl.Cl. The number of carbonyl (C=O) groups excluding carboxylic acids is 1. The lowest BCUT2D eigenvalue weighted by molar-refractivity contribution is -0.137. The Morgan fingerprint density at radius 3 is 2.32 bits per heavy atom. The summed E-state index contributed by atoms with van der Waals surface area (Å²) in [4.78, 5) is 20.7. The van der Waals surface area contributed by atoms with Crippen LogP contribution < -0.4 is 10.5 Å². The van der Waals surface area contributed by atoms with E-state index < -0.39 is 5.54 Å². The Balaban J connectivity index is 0.00000196. The van der Waals surface area contributed by atoms with E-state index in [1.54, 1.807) is 21.0 Å². The van der Waals surface area contributed by atoms with Crippen LogP contribution in [0.25, 0.3) is 11.4 Å². The van der Waals surface area contributed by atoms with Gasteiger partial charge < -0.3 is 19.9 Å². The molecule has 0 atom stereocenters. The lowest BCUT2D eigenvalue weighted by atomic mass is 10.0. The highest BCUT2D eigenvalue weighted by molar-refractivity contribution is 5.86. The highest BCUT2D eigenvalue weighted by Gasteiger charge is 2.30. The second-order valence-electron chi connectivity index (χ2n) is 7.03. The van der Waals surface area contributed by atoms with Crippen molar-refractivity contribution < 1.29 is 14.1 Å². The van der Waals surface area contributed by atoms with Gasteiger partial charge in [-0.15, -0.1) is 24.8 Å². The summed E-state index contributed by atoms with van der Waals surface area (Å²) in [7, 11) is 1.63. The van der Waals surface area contributed by atoms with Gasteiger partial charge in [-0.05, 0) is 38.1 Å². The summed E-state index contributed by atoms with van der Waals surface area (Å²) >= 11 is 0. The molecular weight excluding hydrogens is 405 g/mol. The van der Waals surface area contributed by atoms with E-state index in [0.29, 0.717) is 31.3 Å². The lowest BCUT2D eigenvalue weighted by Crippen LogP contribution is -2.56. The number of rotatable bonds is 5. The number of carbonyl (C=O) groups is 1. The van der Waals surface area contributed by atoms with Crippen molar-refractivity contribution in [3.05, 3.63) is 30.2 Å². The minimum absolute atomic E-state index is 0. The van der Waals surface area contributed by atoms with Crippen LogP contribution in [-0.4, -0.2) is 64.7 Å². The monoisotopic (exact) mass is 431 g/mol. The van der Waals surface area contributed by atoms with Crippen molar-refractivity contribution in [3.8, 4) is 17.1 Å². The van der Waals surface area contributed by atoms with Crippen LogP contribution >= 0.6 is 24.8 Å². The smallest absolute Gasteiger partial charge is 0.242 e. The zero-order valence-electron chi connectivity index (χ0n) is 16.3. The van der Waals surface area contributed by atoms with Crippen molar-refractivity contribution in [3.63, 3.8) is 0 Å². The van der Waals surface area contributed by atoms with E-state index in [2.05, 4.69) is 15.0 Å². The summed E-state index contributed by atoms with van der Waals surface area (Å²) in [6.07, 6.45) is 0. The van der Waals surface area contributed by atoms with Gasteiger partial charge in [0, 0.05) is 31.7 Å². The lowest BCUT2D eigenvalue weighted by Gasteiger charge is -2.36. The van der Waals surface area contributed by atoms with Crippen molar-refractivity contribution >= 4 is 30.7 Å². The van der Waals surface area contributed by atoms with Crippen molar-refractivity contribution in [1.82, 2.24) is 19.9 Å². The van der Waals surface area contributed by atoms with Crippen molar-refractivity contribution in [1.29, 1.82) is 0 Å². The Bertz CT molecular complexity index is 753. The molecule has 0 spiro atoms. The Labute approximate surface area is 177 Å². The van der Waals surface area contributed by atoms with E-state index >= 15 is 0 Å². The van der Waals surface area contributed by atoms with Crippen LogP contribution in [0.3, 0.4) is 0 Å². The molecule has 2 heterocycles. The number of ether oxygens (including phenoxy) is 1. The number of nitrogens with two attached hydrogens (primary N) is 1. The summed E-state index contributed by atoms with van der Waals surface area (Å²) in [6.45, 7) is 6.85. The first-order chi connectivity index (χ1) is 12.4. The van der Waals surface area contributed by atoms with Crippen molar-refractivity contribution in [2.75, 3.05) is 33.3 Å². The molecule has 156 valence electrons. The molecule has 1 aromatic heterocycles. The molecule has 1 aliphatic rings. The fourth-order valence-corrected chi connectivity index (χ4v) is 2.88. The first-order valence-electron chi connectivity index (χ1n) is 8.64. The maximum atomic E-state index is 12.2. The Morgan fingerprint density at radius 1 is 1.18 bits per heavy atom. The number of halogens is 2. The van der Waals surface area contributed by atoms with Crippen LogP contribution in [-0.2, 0) is 11.3 Å². The number of piperazine rings is 1. The minimum atomic E-state index is -0.831. The second-order valence-corrected chi connectivity index (χ2v) is 7.03. The predicted molar refractivity (Wildman–Crippen MR) is 111 cm³/mol. The molecule has 1 aliphatic heterocycles. The van der Waals surface area contributed by atoms with E-state index in [1.165, 1.54) is 0 Å². The third-order valence-corrected chi connectivity index (χ3v) is 4.39. The number of hydrogen-bond donors (Lipinski definition) is 1. The molecule has 2 N–H and O–H groups in total. The molecule has 1 fully saturated rings. The Hall–Kier alpha value is -1.87. The average molecular weight is 432 g/mol. The molecule has 1 aromatic carbocycles. The van der Waals surface area contributed by atoms with Crippen LogP contribution in [0.4, 0.5) is 0 Å². The molecule has 28 heavy (non-hydrogen) atoms. The van der Waals surface area contributed by atoms with Crippen LogP contribution in [0.1, 0.15) is 19.7 Å². The molecule has 1 amide bonds. The number of benzene rings is 1. The molecule has 0 radical (unpaired) electrons. The number of hydrogen-bond acceptors (Lipinski definition) is 7. The summed E-state index contributed by atoms with van der Waals surface area (Å²) in [6, 6.07) is 7.51. The summed E-state index contributed by atoms with van der Waals surface area (Å²) in [5.41, 5.74) is 5.94. The molecule has 10 heteroatoms. The topological polar surface area (TPSA) is 97.7 Å². The molecule has 0 unspecified atom stereocenters. The van der Waals surface area contributed by atoms with Gasteiger partial charge in [0.15, 0.2) is 0 Å². The number of amides is 1. The summed E-state index contributed by atoms with van der Waals surface area (Å²) in [5.74, 6) is 1.89. The fraction of sp³-hybridized carbons (Fsp3) is 0.500. The largest absolute Gasteiger partial charge is 0.497 e. The molecule has 2 aromatic rings. The summed E-state index contributed by atoms with van der Waals surface area (Å²) < 4.78 is 10.5. The molecule has 3 rings (SSSR count). The Morgan fingerprint density at radius 2 is 1.79 bits per heavy atom. The fourth-order valence-electron chi connectivity index (χ4n) is 2.88. The van der Waals surface area contributed by atoms with E-state index in [4.69, 9.17) is 15.0 Å². The van der Waals surface area contributed by atoms with Gasteiger partial charge in [0.05, 0.1) is 19.2 Å². The first kappa shape index (κ1) is 24.2. The molecular formula is C18H27Cl2N5O3. The number of aromatic nitrogens is 2.